The molecule has 0 spiro atoms. The Labute approximate surface area is 157 Å². The average molecular weight is 375 g/mol. The molecule has 1 amide bonds. The summed E-state index contributed by atoms with van der Waals surface area (Å²) in [5.74, 6) is -0.118. The van der Waals surface area contributed by atoms with Gasteiger partial charge in [-0.1, -0.05) is 36.4 Å². The Hall–Kier alpha value is -2.12. The van der Waals surface area contributed by atoms with E-state index in [1.807, 2.05) is 52.0 Å². The Morgan fingerprint density at radius 2 is 2.00 bits per heavy atom. The molecule has 6 nitrogen and oxygen atoms in total. The van der Waals surface area contributed by atoms with Crippen LogP contribution in [0.25, 0.3) is 0 Å². The zero-order valence-electron chi connectivity index (χ0n) is 15.5. The SMILES string of the molecule is CCC(Sc1nc(COC(C)C)cc(=O)[nH]1)C(=O)Nc1ccc(C)cc1. The normalized spacial score (nSPS) is 12.2. The number of aromatic nitrogens is 2. The molecule has 0 saturated heterocycles. The van der Waals surface area contributed by atoms with Crippen LogP contribution in [0.5, 0.6) is 0 Å². The van der Waals surface area contributed by atoms with Crippen LogP contribution in [0.2, 0.25) is 0 Å². The van der Waals surface area contributed by atoms with Crippen molar-refractivity contribution in [2.75, 3.05) is 5.32 Å². The zero-order valence-corrected chi connectivity index (χ0v) is 16.4. The fraction of sp³-hybridized carbons (Fsp3) is 0.421. The molecular weight excluding hydrogens is 350 g/mol. The topological polar surface area (TPSA) is 84.1 Å². The van der Waals surface area contributed by atoms with Crippen molar-refractivity contribution in [1.82, 2.24) is 9.97 Å². The predicted octanol–water partition coefficient (Wildman–Crippen LogP) is 3.51. The van der Waals surface area contributed by atoms with Crippen molar-refractivity contribution in [3.8, 4) is 0 Å². The van der Waals surface area contributed by atoms with Crippen LogP contribution in [0.4, 0.5) is 5.69 Å². The van der Waals surface area contributed by atoms with E-state index in [0.717, 1.165) is 11.3 Å². The van der Waals surface area contributed by atoms with E-state index in [-0.39, 0.29) is 29.4 Å². The van der Waals surface area contributed by atoms with Crippen LogP contribution < -0.4 is 10.9 Å². The lowest BCUT2D eigenvalue weighted by Crippen LogP contribution is -2.25. The maximum Gasteiger partial charge on any atom is 0.251 e. The largest absolute Gasteiger partial charge is 0.373 e. The number of aromatic amines is 1. The van der Waals surface area contributed by atoms with Crippen molar-refractivity contribution in [2.24, 2.45) is 0 Å². The molecule has 0 radical (unpaired) electrons. The van der Waals surface area contributed by atoms with Gasteiger partial charge in [-0.15, -0.1) is 0 Å². The first kappa shape index (κ1) is 20.2. The van der Waals surface area contributed by atoms with Gasteiger partial charge >= 0.3 is 0 Å². The molecule has 1 aromatic heterocycles. The Bertz CT molecular complexity index is 787. The first-order valence-corrected chi connectivity index (χ1v) is 9.51. The third-order valence-electron chi connectivity index (χ3n) is 3.57. The summed E-state index contributed by atoms with van der Waals surface area (Å²) in [6.07, 6.45) is 0.662. The van der Waals surface area contributed by atoms with E-state index in [9.17, 15) is 9.59 Å². The maximum absolute atomic E-state index is 12.5. The summed E-state index contributed by atoms with van der Waals surface area (Å²) in [5, 5.41) is 2.97. The number of hydrogen-bond donors (Lipinski definition) is 2. The minimum absolute atomic E-state index is 0.0517. The highest BCUT2D eigenvalue weighted by Gasteiger charge is 2.20. The van der Waals surface area contributed by atoms with Crippen molar-refractivity contribution >= 4 is 23.4 Å². The monoisotopic (exact) mass is 375 g/mol. The van der Waals surface area contributed by atoms with Gasteiger partial charge in [0.25, 0.3) is 5.56 Å². The molecule has 26 heavy (non-hydrogen) atoms. The standard InChI is InChI=1S/C19H25N3O3S/c1-5-16(18(24)20-14-8-6-13(4)7-9-14)26-19-21-15(10-17(23)22-19)11-25-12(2)3/h6-10,12,16H,5,11H2,1-4H3,(H,20,24)(H,21,22,23). The van der Waals surface area contributed by atoms with Crippen molar-refractivity contribution in [3.05, 3.63) is 51.9 Å². The van der Waals surface area contributed by atoms with Crippen LogP contribution in [-0.2, 0) is 16.1 Å². The Morgan fingerprint density at radius 3 is 2.62 bits per heavy atom. The van der Waals surface area contributed by atoms with Crippen LogP contribution in [0.15, 0.2) is 40.3 Å². The first-order chi connectivity index (χ1) is 12.4. The van der Waals surface area contributed by atoms with Crippen LogP contribution in [0.3, 0.4) is 0 Å². The minimum atomic E-state index is -0.360. The molecule has 0 aliphatic rings. The molecule has 0 aliphatic heterocycles. The van der Waals surface area contributed by atoms with Gasteiger partial charge in [0.05, 0.1) is 23.7 Å². The Morgan fingerprint density at radius 1 is 1.31 bits per heavy atom. The van der Waals surface area contributed by atoms with Gasteiger partial charge in [0.2, 0.25) is 5.91 Å². The third kappa shape index (κ3) is 6.31. The highest BCUT2D eigenvalue weighted by molar-refractivity contribution is 8.00. The number of nitrogens with zero attached hydrogens (tertiary/aromatic N) is 1. The molecule has 2 N–H and O–H groups in total. The van der Waals surface area contributed by atoms with Crippen molar-refractivity contribution < 1.29 is 9.53 Å². The van der Waals surface area contributed by atoms with Crippen LogP contribution in [0, 0.1) is 6.92 Å². The van der Waals surface area contributed by atoms with Gasteiger partial charge in [-0.05, 0) is 39.3 Å². The highest BCUT2D eigenvalue weighted by atomic mass is 32.2. The van der Waals surface area contributed by atoms with Crippen LogP contribution >= 0.6 is 11.8 Å². The van der Waals surface area contributed by atoms with E-state index < -0.39 is 0 Å². The fourth-order valence-corrected chi connectivity index (χ4v) is 3.11. The minimum Gasteiger partial charge on any atom is -0.373 e. The number of carbonyl (C=O) groups excluding carboxylic acids is 1. The Balaban J connectivity index is 2.07. The number of aryl methyl sites for hydroxylation is 1. The number of anilines is 1. The van der Waals surface area contributed by atoms with Gasteiger partial charge in [0.1, 0.15) is 0 Å². The molecular formula is C19H25N3O3S. The van der Waals surface area contributed by atoms with Crippen molar-refractivity contribution in [3.63, 3.8) is 0 Å². The highest BCUT2D eigenvalue weighted by Crippen LogP contribution is 2.23. The number of ether oxygens (including phenoxy) is 1. The van der Waals surface area contributed by atoms with Gasteiger partial charge in [-0.3, -0.25) is 9.59 Å². The van der Waals surface area contributed by atoms with E-state index in [4.69, 9.17) is 4.74 Å². The van der Waals surface area contributed by atoms with Crippen molar-refractivity contribution in [2.45, 2.75) is 57.2 Å². The molecule has 2 aromatic rings. The molecule has 0 bridgehead atoms. The molecule has 1 atom stereocenters. The lowest BCUT2D eigenvalue weighted by Gasteiger charge is -2.15. The van der Waals surface area contributed by atoms with E-state index in [2.05, 4.69) is 15.3 Å². The molecule has 0 saturated carbocycles. The average Bonchev–Trinajstić information content (AvgIpc) is 2.59. The van der Waals surface area contributed by atoms with Gasteiger partial charge in [0.15, 0.2) is 5.16 Å². The predicted molar refractivity (Wildman–Crippen MR) is 105 cm³/mol. The quantitative estimate of drug-likeness (QED) is 0.545. The second-order valence-corrected chi connectivity index (χ2v) is 7.46. The van der Waals surface area contributed by atoms with Crippen LogP contribution in [-0.4, -0.2) is 27.2 Å². The molecule has 2 rings (SSSR count). The number of rotatable bonds is 8. The number of carbonyl (C=O) groups is 1. The zero-order chi connectivity index (χ0) is 19.1. The summed E-state index contributed by atoms with van der Waals surface area (Å²) in [4.78, 5) is 31.5. The van der Waals surface area contributed by atoms with Crippen molar-refractivity contribution in [1.29, 1.82) is 0 Å². The maximum atomic E-state index is 12.5. The number of hydrogen-bond acceptors (Lipinski definition) is 5. The third-order valence-corrected chi connectivity index (χ3v) is 4.82. The van der Waals surface area contributed by atoms with Gasteiger partial charge < -0.3 is 15.0 Å². The molecule has 7 heteroatoms. The number of benzene rings is 1. The summed E-state index contributed by atoms with van der Waals surface area (Å²) in [6, 6.07) is 9.05. The summed E-state index contributed by atoms with van der Waals surface area (Å²) in [6.45, 7) is 8.03. The summed E-state index contributed by atoms with van der Waals surface area (Å²) in [7, 11) is 0. The first-order valence-electron chi connectivity index (χ1n) is 8.63. The van der Waals surface area contributed by atoms with Crippen LogP contribution in [0.1, 0.15) is 38.4 Å². The number of thioether (sulfide) groups is 1. The van der Waals surface area contributed by atoms with Gasteiger partial charge in [-0.25, -0.2) is 4.98 Å². The second kappa shape index (κ2) is 9.54. The lowest BCUT2D eigenvalue weighted by atomic mass is 10.2. The molecule has 1 aromatic carbocycles. The summed E-state index contributed by atoms with van der Waals surface area (Å²) >= 11 is 1.25. The molecule has 0 aliphatic carbocycles. The Kier molecular flexibility index (Phi) is 7.41. The summed E-state index contributed by atoms with van der Waals surface area (Å²) < 4.78 is 5.50. The molecule has 0 fully saturated rings. The van der Waals surface area contributed by atoms with Gasteiger partial charge in [-0.2, -0.15) is 0 Å². The second-order valence-electron chi connectivity index (χ2n) is 6.27. The smallest absolute Gasteiger partial charge is 0.251 e. The number of amides is 1. The molecule has 140 valence electrons. The lowest BCUT2D eigenvalue weighted by molar-refractivity contribution is -0.115. The summed E-state index contributed by atoms with van der Waals surface area (Å²) in [5.41, 5.74) is 2.18. The fourth-order valence-electron chi connectivity index (χ4n) is 2.18. The molecule has 1 unspecified atom stereocenters. The van der Waals surface area contributed by atoms with E-state index in [1.54, 1.807) is 0 Å². The number of H-pyrrole nitrogens is 1. The van der Waals surface area contributed by atoms with Gasteiger partial charge in [0, 0.05) is 11.8 Å². The van der Waals surface area contributed by atoms with E-state index in [1.165, 1.54) is 17.8 Å². The number of nitrogens with one attached hydrogen (secondary N) is 2. The van der Waals surface area contributed by atoms with E-state index in [0.29, 0.717) is 17.3 Å². The van der Waals surface area contributed by atoms with E-state index >= 15 is 0 Å². The molecule has 1 heterocycles.